The molecule has 0 spiro atoms. The molecule has 0 saturated carbocycles. The van der Waals surface area contributed by atoms with Crippen LogP contribution in [0.3, 0.4) is 0 Å². The van der Waals surface area contributed by atoms with Crippen molar-refractivity contribution in [1.29, 1.82) is 0 Å². The maximum absolute atomic E-state index is 12.4. The van der Waals surface area contributed by atoms with Crippen molar-refractivity contribution < 1.29 is 9.90 Å². The molecule has 1 aliphatic rings. The molecule has 1 aliphatic heterocycles. The second kappa shape index (κ2) is 6.69. The molecule has 6 nitrogen and oxygen atoms in total. The Hall–Kier alpha value is -1.56. The van der Waals surface area contributed by atoms with E-state index in [2.05, 4.69) is 24.3 Å². The fourth-order valence-corrected chi connectivity index (χ4v) is 2.87. The lowest BCUT2D eigenvalue weighted by Crippen LogP contribution is -2.49. The Kier molecular flexibility index (Phi) is 5.11. The SMILES string of the molecule is CC(C)CCn1ccc(NC(=O)N2CCC[C@H]2C(C)(C)O)n1. The number of aryl methyl sites for hydroxylation is 1. The fraction of sp³-hybridized carbons (Fsp3) is 0.750. The van der Waals surface area contributed by atoms with Crippen molar-refractivity contribution in [2.24, 2.45) is 5.92 Å². The first kappa shape index (κ1) is 16.8. The van der Waals surface area contributed by atoms with Crippen LogP contribution in [0, 0.1) is 5.92 Å². The van der Waals surface area contributed by atoms with Gasteiger partial charge in [0, 0.05) is 25.4 Å². The van der Waals surface area contributed by atoms with Crippen molar-refractivity contribution in [2.45, 2.75) is 65.1 Å². The lowest BCUT2D eigenvalue weighted by Gasteiger charge is -2.33. The second-order valence-corrected chi connectivity index (χ2v) is 7.08. The third kappa shape index (κ3) is 4.22. The summed E-state index contributed by atoms with van der Waals surface area (Å²) < 4.78 is 1.85. The van der Waals surface area contributed by atoms with E-state index >= 15 is 0 Å². The topological polar surface area (TPSA) is 70.4 Å². The predicted molar refractivity (Wildman–Crippen MR) is 86.7 cm³/mol. The molecule has 22 heavy (non-hydrogen) atoms. The number of aromatic nitrogens is 2. The van der Waals surface area contributed by atoms with E-state index in [0.717, 1.165) is 25.8 Å². The largest absolute Gasteiger partial charge is 0.388 e. The Labute approximate surface area is 132 Å². The summed E-state index contributed by atoms with van der Waals surface area (Å²) >= 11 is 0. The van der Waals surface area contributed by atoms with Gasteiger partial charge in [0.2, 0.25) is 0 Å². The summed E-state index contributed by atoms with van der Waals surface area (Å²) in [6.07, 6.45) is 4.70. The van der Waals surface area contributed by atoms with E-state index in [0.29, 0.717) is 18.3 Å². The van der Waals surface area contributed by atoms with Crippen molar-refractivity contribution >= 4 is 11.8 Å². The number of aliphatic hydroxyl groups is 1. The van der Waals surface area contributed by atoms with Crippen LogP contribution < -0.4 is 5.32 Å². The third-order valence-electron chi connectivity index (χ3n) is 4.14. The highest BCUT2D eigenvalue weighted by Crippen LogP contribution is 2.27. The summed E-state index contributed by atoms with van der Waals surface area (Å²) in [7, 11) is 0. The van der Waals surface area contributed by atoms with Gasteiger partial charge in [0.1, 0.15) is 0 Å². The van der Waals surface area contributed by atoms with Gasteiger partial charge in [0.15, 0.2) is 5.82 Å². The van der Waals surface area contributed by atoms with E-state index in [4.69, 9.17) is 0 Å². The zero-order chi connectivity index (χ0) is 16.3. The second-order valence-electron chi connectivity index (χ2n) is 7.08. The van der Waals surface area contributed by atoms with Crippen LogP contribution in [-0.4, -0.2) is 44.0 Å². The van der Waals surface area contributed by atoms with E-state index in [1.54, 1.807) is 18.7 Å². The first-order valence-corrected chi connectivity index (χ1v) is 8.11. The van der Waals surface area contributed by atoms with Crippen molar-refractivity contribution in [2.75, 3.05) is 11.9 Å². The average molecular weight is 308 g/mol. The predicted octanol–water partition coefficient (Wildman–Crippen LogP) is 2.70. The number of nitrogens with zero attached hydrogens (tertiary/aromatic N) is 3. The lowest BCUT2D eigenvalue weighted by atomic mass is 9.97. The van der Waals surface area contributed by atoms with Gasteiger partial charge in [-0.1, -0.05) is 13.8 Å². The van der Waals surface area contributed by atoms with Crippen molar-refractivity contribution in [3.05, 3.63) is 12.3 Å². The number of rotatable bonds is 5. The highest BCUT2D eigenvalue weighted by atomic mass is 16.3. The van der Waals surface area contributed by atoms with Gasteiger partial charge in [0.25, 0.3) is 0 Å². The molecule has 0 aliphatic carbocycles. The summed E-state index contributed by atoms with van der Waals surface area (Å²) in [5.74, 6) is 1.19. The maximum Gasteiger partial charge on any atom is 0.323 e. The van der Waals surface area contributed by atoms with Crippen LogP contribution in [0.5, 0.6) is 0 Å². The molecule has 0 radical (unpaired) electrons. The molecule has 2 rings (SSSR count). The van der Waals surface area contributed by atoms with Crippen molar-refractivity contribution in [3.8, 4) is 0 Å². The summed E-state index contributed by atoms with van der Waals surface area (Å²) in [4.78, 5) is 14.1. The molecular formula is C16H28N4O2. The van der Waals surface area contributed by atoms with E-state index in [9.17, 15) is 9.90 Å². The van der Waals surface area contributed by atoms with Crippen LogP contribution in [0.1, 0.15) is 47.0 Å². The van der Waals surface area contributed by atoms with Crippen LogP contribution in [0.2, 0.25) is 0 Å². The minimum atomic E-state index is -0.884. The molecule has 2 N–H and O–H groups in total. The number of amides is 2. The highest BCUT2D eigenvalue weighted by Gasteiger charge is 2.38. The normalized spacial score (nSPS) is 19.0. The molecule has 1 aromatic heterocycles. The molecule has 1 saturated heterocycles. The standard InChI is InChI=1S/C16H28N4O2/c1-12(2)7-10-19-11-8-14(18-19)17-15(21)20-9-5-6-13(20)16(3,4)22/h8,11-13,22H,5-7,9-10H2,1-4H3,(H,17,18,21)/t13-/m0/s1. The van der Waals surface area contributed by atoms with Crippen LogP contribution >= 0.6 is 0 Å². The number of hydrogen-bond donors (Lipinski definition) is 2. The van der Waals surface area contributed by atoms with Gasteiger partial charge in [0.05, 0.1) is 11.6 Å². The van der Waals surface area contributed by atoms with Crippen LogP contribution in [-0.2, 0) is 6.54 Å². The van der Waals surface area contributed by atoms with E-state index < -0.39 is 5.60 Å². The Morgan fingerprint density at radius 3 is 2.91 bits per heavy atom. The monoisotopic (exact) mass is 308 g/mol. The molecule has 2 amide bonds. The Morgan fingerprint density at radius 2 is 2.27 bits per heavy atom. The third-order valence-corrected chi connectivity index (χ3v) is 4.14. The molecule has 1 atom stereocenters. The Balaban J connectivity index is 1.94. The van der Waals surface area contributed by atoms with E-state index in [-0.39, 0.29) is 12.1 Å². The maximum atomic E-state index is 12.4. The fourth-order valence-electron chi connectivity index (χ4n) is 2.87. The van der Waals surface area contributed by atoms with Crippen LogP contribution in [0.4, 0.5) is 10.6 Å². The van der Waals surface area contributed by atoms with Gasteiger partial charge in [-0.25, -0.2) is 4.79 Å². The van der Waals surface area contributed by atoms with Crippen LogP contribution in [0.25, 0.3) is 0 Å². The van der Waals surface area contributed by atoms with Crippen molar-refractivity contribution in [3.63, 3.8) is 0 Å². The number of nitrogens with one attached hydrogen (secondary N) is 1. The summed E-state index contributed by atoms with van der Waals surface area (Å²) in [5, 5.41) is 17.4. The van der Waals surface area contributed by atoms with E-state index in [1.807, 2.05) is 16.9 Å². The summed E-state index contributed by atoms with van der Waals surface area (Å²) in [6.45, 7) is 9.39. The average Bonchev–Trinajstić information content (AvgIpc) is 3.04. The number of urea groups is 1. The molecular weight excluding hydrogens is 280 g/mol. The molecule has 124 valence electrons. The van der Waals surface area contributed by atoms with Gasteiger partial charge < -0.3 is 10.0 Å². The number of likely N-dealkylation sites (tertiary alicyclic amines) is 1. The smallest absolute Gasteiger partial charge is 0.323 e. The van der Waals surface area contributed by atoms with E-state index in [1.165, 1.54) is 0 Å². The molecule has 6 heteroatoms. The minimum absolute atomic E-state index is 0.143. The lowest BCUT2D eigenvalue weighted by molar-refractivity contribution is 0.0117. The highest BCUT2D eigenvalue weighted by molar-refractivity contribution is 5.88. The molecule has 0 aromatic carbocycles. The molecule has 0 unspecified atom stereocenters. The Morgan fingerprint density at radius 1 is 1.55 bits per heavy atom. The summed E-state index contributed by atoms with van der Waals surface area (Å²) in [6, 6.07) is 1.49. The first-order chi connectivity index (χ1) is 10.3. The number of carbonyl (C=O) groups excluding carboxylic acids is 1. The zero-order valence-electron chi connectivity index (χ0n) is 14.0. The molecule has 2 heterocycles. The Bertz CT molecular complexity index is 504. The summed E-state index contributed by atoms with van der Waals surface area (Å²) in [5.41, 5.74) is -0.884. The van der Waals surface area contributed by atoms with Gasteiger partial charge in [-0.15, -0.1) is 0 Å². The number of hydrogen-bond acceptors (Lipinski definition) is 3. The van der Waals surface area contributed by atoms with Crippen LogP contribution in [0.15, 0.2) is 12.3 Å². The van der Waals surface area contributed by atoms with Gasteiger partial charge >= 0.3 is 6.03 Å². The number of carbonyl (C=O) groups is 1. The first-order valence-electron chi connectivity index (χ1n) is 8.11. The van der Waals surface area contributed by atoms with Crippen molar-refractivity contribution in [1.82, 2.24) is 14.7 Å². The van der Waals surface area contributed by atoms with Gasteiger partial charge in [-0.05, 0) is 39.0 Å². The molecule has 1 aromatic rings. The quantitative estimate of drug-likeness (QED) is 0.878. The zero-order valence-corrected chi connectivity index (χ0v) is 14.0. The van der Waals surface area contributed by atoms with Gasteiger partial charge in [-0.3, -0.25) is 10.00 Å². The molecule has 0 bridgehead atoms. The van der Waals surface area contributed by atoms with Gasteiger partial charge in [-0.2, -0.15) is 5.10 Å². The molecule has 1 fully saturated rings. The number of anilines is 1. The minimum Gasteiger partial charge on any atom is -0.388 e.